The number of benzene rings is 4. The molecule has 0 atom stereocenters. The van der Waals surface area contributed by atoms with Crippen molar-refractivity contribution in [1.29, 1.82) is 0 Å². The summed E-state index contributed by atoms with van der Waals surface area (Å²) in [5.41, 5.74) is 10.6. The second-order valence-corrected chi connectivity index (χ2v) is 20.6. The monoisotopic (exact) mass is 1050 g/mol. The van der Waals surface area contributed by atoms with Gasteiger partial charge in [0.25, 0.3) is 11.8 Å². The quantitative estimate of drug-likeness (QED) is 0.0939. The Morgan fingerprint density at radius 2 is 1.22 bits per heavy atom. The van der Waals surface area contributed by atoms with Gasteiger partial charge >= 0.3 is 0 Å². The summed E-state index contributed by atoms with van der Waals surface area (Å²) in [4.78, 5) is 56.7. The number of methoxy groups -OCH3 is 1. The number of nitrogens with one attached hydrogen (secondary N) is 2. The minimum Gasteiger partial charge on any atom is -0.383 e. The van der Waals surface area contributed by atoms with Gasteiger partial charge in [0, 0.05) is 107 Å². The molecule has 0 saturated carbocycles. The molecule has 8 heterocycles. The molecule has 4 aromatic carbocycles. The molecule has 76 heavy (non-hydrogen) atoms. The predicted octanol–water partition coefficient (Wildman–Crippen LogP) is 9.17. The molecule has 12 rings (SSSR count). The highest BCUT2D eigenvalue weighted by Gasteiger charge is 2.24. The van der Waals surface area contributed by atoms with Crippen molar-refractivity contribution < 1.29 is 19.1 Å². The number of fused-ring (bicyclic) bond motifs is 2. The zero-order valence-electron chi connectivity index (χ0n) is 41.7. The number of amides is 2. The fourth-order valence-corrected chi connectivity index (χ4v) is 11.6. The molecule has 2 fully saturated rings. The standard InChI is InChI=1S/C57H53N13O4S2/c1-73-29-26-66-22-24-67(25-23-66)37-40-35-59-57-51(63-55(76-57)44-15-6-8-17-46(44)61-52(71)47-18-20-69(64-47)41-11-3-2-4-12-41)50(40)39-10-9-13-42(33-39)70-21-19-48(65-70)53(72)60-45-16-7-5-14-43(45)54-62-49-32-38(34-58-56(49)75-54)36-68-27-30-74-31-28-68/h2-21,32-35H,22-31,36-37H2,1H3,(H,60,72)(H,61,71). The second-order valence-electron chi connectivity index (χ2n) is 18.7. The van der Waals surface area contributed by atoms with Gasteiger partial charge < -0.3 is 20.1 Å². The van der Waals surface area contributed by atoms with Crippen LogP contribution in [0.5, 0.6) is 0 Å². The van der Waals surface area contributed by atoms with Crippen molar-refractivity contribution in [2.75, 3.05) is 83.4 Å². The van der Waals surface area contributed by atoms with Crippen molar-refractivity contribution in [3.63, 3.8) is 0 Å². The first-order valence-electron chi connectivity index (χ1n) is 25.3. The molecule has 2 amide bonds. The largest absolute Gasteiger partial charge is 0.383 e. The number of hydrogen-bond donors (Lipinski definition) is 2. The minimum atomic E-state index is -0.344. The van der Waals surface area contributed by atoms with Gasteiger partial charge in [-0.3, -0.25) is 24.3 Å². The second kappa shape index (κ2) is 22.1. The normalized spacial score (nSPS) is 14.6. The van der Waals surface area contributed by atoms with Crippen LogP contribution in [-0.4, -0.2) is 139 Å². The lowest BCUT2D eigenvalue weighted by molar-refractivity contribution is 0.0341. The van der Waals surface area contributed by atoms with Gasteiger partial charge in [-0.2, -0.15) is 10.2 Å². The Hall–Kier alpha value is -7.88. The Morgan fingerprint density at radius 1 is 0.618 bits per heavy atom. The highest BCUT2D eigenvalue weighted by Crippen LogP contribution is 2.40. The van der Waals surface area contributed by atoms with E-state index in [1.807, 2.05) is 103 Å². The van der Waals surface area contributed by atoms with E-state index >= 15 is 0 Å². The van der Waals surface area contributed by atoms with Crippen molar-refractivity contribution in [3.8, 4) is 43.6 Å². The number of nitrogens with zero attached hydrogens (tertiary/aromatic N) is 11. The molecule has 2 saturated heterocycles. The smallest absolute Gasteiger partial charge is 0.276 e. The number of ether oxygens (including phenoxy) is 2. The van der Waals surface area contributed by atoms with Crippen LogP contribution in [0.2, 0.25) is 0 Å². The number of para-hydroxylation sites is 3. The average Bonchev–Trinajstić information content (AvgIpc) is 4.35. The van der Waals surface area contributed by atoms with Crippen LogP contribution in [-0.2, 0) is 22.6 Å². The van der Waals surface area contributed by atoms with Crippen LogP contribution in [0, 0.1) is 0 Å². The first kappa shape index (κ1) is 49.0. The fourth-order valence-electron chi connectivity index (χ4n) is 9.68. The lowest BCUT2D eigenvalue weighted by atomic mass is 9.99. The lowest BCUT2D eigenvalue weighted by Gasteiger charge is -2.34. The zero-order chi connectivity index (χ0) is 51.4. The third kappa shape index (κ3) is 10.7. The molecule has 10 aromatic rings. The highest BCUT2D eigenvalue weighted by atomic mass is 32.1. The maximum atomic E-state index is 14.0. The van der Waals surface area contributed by atoms with Gasteiger partial charge in [-0.15, -0.1) is 0 Å². The van der Waals surface area contributed by atoms with Gasteiger partial charge in [-0.05, 0) is 83.4 Å². The summed E-state index contributed by atoms with van der Waals surface area (Å²) in [6.45, 7) is 10.0. The van der Waals surface area contributed by atoms with Crippen LogP contribution in [0.4, 0.5) is 11.4 Å². The summed E-state index contributed by atoms with van der Waals surface area (Å²) in [5.74, 6) is -0.674. The molecule has 0 bridgehead atoms. The number of carbonyl (C=O) groups is 2. The Morgan fingerprint density at radius 3 is 1.93 bits per heavy atom. The van der Waals surface area contributed by atoms with Gasteiger partial charge in [0.15, 0.2) is 11.4 Å². The van der Waals surface area contributed by atoms with E-state index in [9.17, 15) is 9.59 Å². The molecule has 17 nitrogen and oxygen atoms in total. The number of carbonyl (C=O) groups excluding carboxylic acids is 2. The highest BCUT2D eigenvalue weighted by molar-refractivity contribution is 7.21. The molecule has 19 heteroatoms. The van der Waals surface area contributed by atoms with E-state index in [4.69, 9.17) is 34.5 Å². The van der Waals surface area contributed by atoms with Crippen LogP contribution < -0.4 is 10.6 Å². The average molecular weight is 1050 g/mol. The first-order chi connectivity index (χ1) is 37.4. The van der Waals surface area contributed by atoms with E-state index in [1.54, 1.807) is 41.0 Å². The molecule has 0 aliphatic carbocycles. The third-order valence-corrected chi connectivity index (χ3v) is 15.7. The van der Waals surface area contributed by atoms with Crippen LogP contribution in [0.3, 0.4) is 0 Å². The van der Waals surface area contributed by atoms with Crippen LogP contribution in [0.1, 0.15) is 32.1 Å². The molecule has 2 N–H and O–H groups in total. The van der Waals surface area contributed by atoms with Gasteiger partial charge in [-0.25, -0.2) is 29.3 Å². The predicted molar refractivity (Wildman–Crippen MR) is 297 cm³/mol. The molecule has 0 radical (unpaired) electrons. The summed E-state index contributed by atoms with van der Waals surface area (Å²) in [5, 5.41) is 17.1. The molecule has 0 unspecified atom stereocenters. The molecule has 2 aliphatic heterocycles. The van der Waals surface area contributed by atoms with Crippen molar-refractivity contribution in [2.45, 2.75) is 13.1 Å². The van der Waals surface area contributed by atoms with Crippen molar-refractivity contribution >= 4 is 66.6 Å². The maximum absolute atomic E-state index is 14.0. The number of thiazole rings is 2. The van der Waals surface area contributed by atoms with E-state index in [0.29, 0.717) is 35.2 Å². The Kier molecular flexibility index (Phi) is 14.3. The molecular formula is C57H53N13O4S2. The van der Waals surface area contributed by atoms with Gasteiger partial charge in [-0.1, -0.05) is 77.3 Å². The van der Waals surface area contributed by atoms with E-state index < -0.39 is 0 Å². The molecule has 2 aliphatic rings. The van der Waals surface area contributed by atoms with Crippen molar-refractivity contribution in [1.82, 2.24) is 54.2 Å². The van der Waals surface area contributed by atoms with E-state index in [1.165, 1.54) is 22.7 Å². The van der Waals surface area contributed by atoms with Gasteiger partial charge in [0.2, 0.25) is 0 Å². The fraction of sp³-hybridized carbons (Fsp3) is 0.228. The molecular weight excluding hydrogens is 995 g/mol. The number of aromatic nitrogens is 8. The number of anilines is 2. The van der Waals surface area contributed by atoms with Crippen LogP contribution in [0.25, 0.3) is 64.3 Å². The molecule has 6 aromatic heterocycles. The van der Waals surface area contributed by atoms with E-state index in [-0.39, 0.29) is 17.5 Å². The lowest BCUT2D eigenvalue weighted by Crippen LogP contribution is -2.46. The Bertz CT molecular complexity index is 3690. The maximum Gasteiger partial charge on any atom is 0.276 e. The summed E-state index contributed by atoms with van der Waals surface area (Å²) < 4.78 is 14.3. The molecule has 382 valence electrons. The number of pyridine rings is 2. The topological polar surface area (TPSA) is 174 Å². The van der Waals surface area contributed by atoms with Crippen molar-refractivity contribution in [2.24, 2.45) is 0 Å². The number of hydrogen-bond acceptors (Lipinski definition) is 15. The SMILES string of the molecule is COCCN1CCN(Cc2cnc3sc(-c4ccccc4NC(=O)c4ccn(-c5ccccc5)n4)nc3c2-c2cccc(-n3ccc(C(=O)Nc4ccccc4-c4nc5cc(CN6CCOCC6)cnc5s4)n3)c2)CC1. The first-order valence-corrected chi connectivity index (χ1v) is 26.9. The Labute approximate surface area is 446 Å². The molecule has 0 spiro atoms. The third-order valence-electron chi connectivity index (χ3n) is 13.7. The minimum absolute atomic E-state index is 0.259. The number of piperazine rings is 1. The van der Waals surface area contributed by atoms with E-state index in [2.05, 4.69) is 48.6 Å². The summed E-state index contributed by atoms with van der Waals surface area (Å²) in [6, 6.07) is 38.7. The van der Waals surface area contributed by atoms with Crippen LogP contribution >= 0.6 is 22.7 Å². The van der Waals surface area contributed by atoms with Crippen molar-refractivity contribution in [3.05, 3.63) is 169 Å². The Balaban J connectivity index is 0.819. The summed E-state index contributed by atoms with van der Waals surface area (Å²) in [7, 11) is 1.74. The van der Waals surface area contributed by atoms with Gasteiger partial charge in [0.05, 0.1) is 42.6 Å². The number of morpholine rings is 1. The van der Waals surface area contributed by atoms with Gasteiger partial charge in [0.1, 0.15) is 30.7 Å². The zero-order valence-corrected chi connectivity index (χ0v) is 43.3. The summed E-state index contributed by atoms with van der Waals surface area (Å²) >= 11 is 2.97. The van der Waals surface area contributed by atoms with Crippen LogP contribution in [0.15, 0.2) is 146 Å². The number of rotatable bonds is 16. The van der Waals surface area contributed by atoms with E-state index in [0.717, 1.165) is 136 Å². The summed E-state index contributed by atoms with van der Waals surface area (Å²) in [6.07, 6.45) is 7.48.